The van der Waals surface area contributed by atoms with Crippen molar-refractivity contribution in [1.82, 2.24) is 0 Å². The predicted molar refractivity (Wildman–Crippen MR) is 77.2 cm³/mol. The maximum absolute atomic E-state index is 12.6. The Morgan fingerprint density at radius 3 is 2.53 bits per heavy atom. The summed E-state index contributed by atoms with van der Waals surface area (Å²) in [7, 11) is 0. The Balaban J connectivity index is 2.47. The normalized spacial score (nSPS) is 10.3. The summed E-state index contributed by atoms with van der Waals surface area (Å²) < 4.78 is 5.50. The molecule has 2 nitrogen and oxygen atoms in total. The number of ether oxygens (including phenoxy) is 1. The number of ketones is 1. The highest BCUT2D eigenvalue weighted by Gasteiger charge is 2.16. The van der Waals surface area contributed by atoms with E-state index in [9.17, 15) is 4.79 Å². The Kier molecular flexibility index (Phi) is 4.23. The summed E-state index contributed by atoms with van der Waals surface area (Å²) in [6, 6.07) is 12.6. The van der Waals surface area contributed by atoms with Gasteiger partial charge in [-0.25, -0.2) is 0 Å². The van der Waals surface area contributed by atoms with Gasteiger partial charge < -0.3 is 4.74 Å². The van der Waals surface area contributed by atoms with Crippen LogP contribution in [0.15, 0.2) is 42.5 Å². The van der Waals surface area contributed by atoms with Crippen LogP contribution in [-0.4, -0.2) is 12.4 Å². The molecule has 2 aromatic rings. The first-order valence-electron chi connectivity index (χ1n) is 6.16. The van der Waals surface area contributed by atoms with Gasteiger partial charge in [0.15, 0.2) is 5.78 Å². The van der Waals surface area contributed by atoms with Crippen molar-refractivity contribution in [1.29, 1.82) is 0 Å². The van der Waals surface area contributed by atoms with E-state index in [2.05, 4.69) is 0 Å². The molecule has 0 aromatic heterocycles. The first-order valence-corrected chi connectivity index (χ1v) is 6.54. The smallest absolute Gasteiger partial charge is 0.197 e. The molecule has 0 bridgehead atoms. The van der Waals surface area contributed by atoms with E-state index in [4.69, 9.17) is 16.3 Å². The van der Waals surface area contributed by atoms with Crippen LogP contribution in [0.1, 0.15) is 28.4 Å². The molecule has 19 heavy (non-hydrogen) atoms. The van der Waals surface area contributed by atoms with Crippen LogP contribution in [0.4, 0.5) is 0 Å². The molecule has 0 N–H and O–H groups in total. The summed E-state index contributed by atoms with van der Waals surface area (Å²) in [5.74, 6) is 0.540. The van der Waals surface area contributed by atoms with E-state index in [1.54, 1.807) is 30.3 Å². The van der Waals surface area contributed by atoms with Crippen LogP contribution in [-0.2, 0) is 0 Å². The molecular formula is C16H15ClO2. The zero-order chi connectivity index (χ0) is 13.8. The number of rotatable bonds is 4. The van der Waals surface area contributed by atoms with E-state index < -0.39 is 0 Å². The number of hydrogen-bond acceptors (Lipinski definition) is 2. The summed E-state index contributed by atoms with van der Waals surface area (Å²) in [5, 5.41) is 0.597. The van der Waals surface area contributed by atoms with Crippen LogP contribution in [0.25, 0.3) is 0 Å². The van der Waals surface area contributed by atoms with E-state index in [-0.39, 0.29) is 5.78 Å². The molecule has 0 fully saturated rings. The molecule has 0 atom stereocenters. The Morgan fingerprint density at radius 2 is 1.79 bits per heavy atom. The van der Waals surface area contributed by atoms with Crippen molar-refractivity contribution < 1.29 is 9.53 Å². The molecule has 0 aliphatic carbocycles. The summed E-state index contributed by atoms with van der Waals surface area (Å²) in [4.78, 5) is 12.6. The van der Waals surface area contributed by atoms with E-state index >= 15 is 0 Å². The third-order valence-corrected chi connectivity index (χ3v) is 3.35. The van der Waals surface area contributed by atoms with Gasteiger partial charge in [0.1, 0.15) is 5.75 Å². The van der Waals surface area contributed by atoms with Gasteiger partial charge in [-0.1, -0.05) is 35.9 Å². The lowest BCUT2D eigenvalue weighted by molar-refractivity contribution is 0.103. The van der Waals surface area contributed by atoms with Gasteiger partial charge in [0, 0.05) is 10.6 Å². The molecule has 0 aliphatic heterocycles. The minimum Gasteiger partial charge on any atom is -0.493 e. The van der Waals surface area contributed by atoms with Crippen LogP contribution in [0, 0.1) is 6.92 Å². The zero-order valence-electron chi connectivity index (χ0n) is 10.9. The van der Waals surface area contributed by atoms with Crippen molar-refractivity contribution in [2.24, 2.45) is 0 Å². The summed E-state index contributed by atoms with van der Waals surface area (Å²) in [6.45, 7) is 4.27. The molecule has 0 saturated carbocycles. The second-order valence-electron chi connectivity index (χ2n) is 4.17. The number of para-hydroxylation sites is 1. The van der Waals surface area contributed by atoms with Gasteiger partial charge >= 0.3 is 0 Å². The lowest BCUT2D eigenvalue weighted by Gasteiger charge is -2.11. The minimum absolute atomic E-state index is 0.0657. The molecule has 0 amide bonds. The minimum atomic E-state index is -0.0657. The lowest BCUT2D eigenvalue weighted by Crippen LogP contribution is -2.07. The summed E-state index contributed by atoms with van der Waals surface area (Å²) in [5.41, 5.74) is 1.97. The summed E-state index contributed by atoms with van der Waals surface area (Å²) in [6.07, 6.45) is 0. The number of carbonyl (C=O) groups is 1. The Labute approximate surface area is 118 Å². The third-order valence-electron chi connectivity index (χ3n) is 2.94. The molecule has 0 unspecified atom stereocenters. The van der Waals surface area contributed by atoms with Crippen LogP contribution in [0.5, 0.6) is 5.75 Å². The highest BCUT2D eigenvalue weighted by atomic mass is 35.5. The van der Waals surface area contributed by atoms with Crippen molar-refractivity contribution in [2.45, 2.75) is 13.8 Å². The topological polar surface area (TPSA) is 26.3 Å². The van der Waals surface area contributed by atoms with Crippen molar-refractivity contribution in [3.8, 4) is 5.75 Å². The number of hydrogen-bond donors (Lipinski definition) is 0. The van der Waals surface area contributed by atoms with Crippen LogP contribution in [0.3, 0.4) is 0 Å². The van der Waals surface area contributed by atoms with Gasteiger partial charge in [0.25, 0.3) is 0 Å². The van der Waals surface area contributed by atoms with Gasteiger partial charge in [0.05, 0.1) is 12.2 Å². The first-order chi connectivity index (χ1) is 9.15. The standard InChI is InChI=1S/C16H15ClO2/c1-3-19-15-10-5-4-7-13(15)16(18)12-8-6-9-14(17)11(12)2/h4-10H,3H2,1-2H3. The fourth-order valence-electron chi connectivity index (χ4n) is 1.93. The molecule has 2 aromatic carbocycles. The number of carbonyl (C=O) groups excluding carboxylic acids is 1. The third kappa shape index (κ3) is 2.79. The zero-order valence-corrected chi connectivity index (χ0v) is 11.7. The maximum atomic E-state index is 12.6. The fourth-order valence-corrected chi connectivity index (χ4v) is 2.11. The molecular weight excluding hydrogens is 260 g/mol. The van der Waals surface area contributed by atoms with Gasteiger partial charge in [-0.2, -0.15) is 0 Å². The summed E-state index contributed by atoms with van der Waals surface area (Å²) >= 11 is 6.06. The molecule has 0 spiro atoms. The molecule has 0 saturated heterocycles. The first kappa shape index (κ1) is 13.6. The van der Waals surface area contributed by atoms with Gasteiger partial charge in [-0.15, -0.1) is 0 Å². The Bertz CT molecular complexity index is 605. The SMILES string of the molecule is CCOc1ccccc1C(=O)c1cccc(Cl)c1C. The fraction of sp³-hybridized carbons (Fsp3) is 0.188. The molecule has 0 radical (unpaired) electrons. The molecule has 0 aliphatic rings. The highest BCUT2D eigenvalue weighted by molar-refractivity contribution is 6.32. The molecule has 3 heteroatoms. The van der Waals surface area contributed by atoms with Gasteiger partial charge in [0.2, 0.25) is 0 Å². The molecule has 98 valence electrons. The second kappa shape index (κ2) is 5.89. The highest BCUT2D eigenvalue weighted by Crippen LogP contribution is 2.25. The molecule has 2 rings (SSSR count). The second-order valence-corrected chi connectivity index (χ2v) is 4.58. The Morgan fingerprint density at radius 1 is 1.11 bits per heavy atom. The number of benzene rings is 2. The van der Waals surface area contributed by atoms with E-state index in [1.165, 1.54) is 0 Å². The van der Waals surface area contributed by atoms with E-state index in [0.29, 0.717) is 28.5 Å². The van der Waals surface area contributed by atoms with E-state index in [0.717, 1.165) is 5.56 Å². The van der Waals surface area contributed by atoms with Gasteiger partial charge in [-0.05, 0) is 37.6 Å². The van der Waals surface area contributed by atoms with Crippen LogP contribution >= 0.6 is 11.6 Å². The molecule has 0 heterocycles. The largest absolute Gasteiger partial charge is 0.493 e. The Hall–Kier alpha value is -1.80. The number of halogens is 1. The van der Waals surface area contributed by atoms with Gasteiger partial charge in [-0.3, -0.25) is 4.79 Å². The quantitative estimate of drug-likeness (QED) is 0.778. The predicted octanol–water partition coefficient (Wildman–Crippen LogP) is 4.28. The van der Waals surface area contributed by atoms with Crippen molar-refractivity contribution in [3.63, 3.8) is 0 Å². The monoisotopic (exact) mass is 274 g/mol. The average Bonchev–Trinajstić information content (AvgIpc) is 2.42. The van der Waals surface area contributed by atoms with Crippen LogP contribution < -0.4 is 4.74 Å². The lowest BCUT2D eigenvalue weighted by atomic mass is 9.98. The van der Waals surface area contributed by atoms with Crippen molar-refractivity contribution in [3.05, 3.63) is 64.2 Å². The maximum Gasteiger partial charge on any atom is 0.197 e. The van der Waals surface area contributed by atoms with Crippen molar-refractivity contribution >= 4 is 17.4 Å². The van der Waals surface area contributed by atoms with Crippen LogP contribution in [0.2, 0.25) is 5.02 Å². The average molecular weight is 275 g/mol. The van der Waals surface area contributed by atoms with Crippen molar-refractivity contribution in [2.75, 3.05) is 6.61 Å². The van der Waals surface area contributed by atoms with E-state index in [1.807, 2.05) is 26.0 Å².